The molecule has 20 heavy (non-hydrogen) atoms. The second-order valence-electron chi connectivity index (χ2n) is 4.89. The van der Waals surface area contributed by atoms with Gasteiger partial charge in [0.25, 0.3) is 5.91 Å². The maximum Gasteiger partial charge on any atom is 0.260 e. The lowest BCUT2D eigenvalue weighted by Crippen LogP contribution is -2.41. The van der Waals surface area contributed by atoms with Crippen molar-refractivity contribution in [3.8, 4) is 5.75 Å². The van der Waals surface area contributed by atoms with Crippen LogP contribution in [0.1, 0.15) is 20.8 Å². The first kappa shape index (κ1) is 17.1. The van der Waals surface area contributed by atoms with Gasteiger partial charge in [-0.05, 0) is 31.0 Å². The molecule has 0 aromatic heterocycles. The number of nitrogens with one attached hydrogen (secondary N) is 1. The standard InChI is InChI=1S/C14H19Cl2NO3/c1-8(2)12(18)7-17-14(19)9(3)20-13-5-4-10(15)6-11(13)16/h4-6,8-9,12,18H,7H2,1-3H3,(H,17,19). The first-order valence-electron chi connectivity index (χ1n) is 6.38. The number of ether oxygens (including phenoxy) is 1. The van der Waals surface area contributed by atoms with E-state index in [4.69, 9.17) is 27.9 Å². The maximum atomic E-state index is 11.8. The zero-order valence-electron chi connectivity index (χ0n) is 11.7. The smallest absolute Gasteiger partial charge is 0.260 e. The van der Waals surface area contributed by atoms with Crippen molar-refractivity contribution < 1.29 is 14.6 Å². The van der Waals surface area contributed by atoms with Crippen LogP contribution < -0.4 is 10.1 Å². The molecule has 0 aliphatic heterocycles. The van der Waals surface area contributed by atoms with Crippen LogP contribution in [0, 0.1) is 5.92 Å². The Balaban J connectivity index is 2.53. The van der Waals surface area contributed by atoms with Crippen LogP contribution in [0.4, 0.5) is 0 Å². The number of hydrogen-bond donors (Lipinski definition) is 2. The summed E-state index contributed by atoms with van der Waals surface area (Å²) in [7, 11) is 0. The molecule has 0 aliphatic rings. The van der Waals surface area contributed by atoms with Gasteiger partial charge in [-0.3, -0.25) is 4.79 Å². The Morgan fingerprint density at radius 1 is 1.35 bits per heavy atom. The molecular formula is C14H19Cl2NO3. The summed E-state index contributed by atoms with van der Waals surface area (Å²) in [6.07, 6.45) is -1.29. The highest BCUT2D eigenvalue weighted by molar-refractivity contribution is 6.35. The molecule has 0 bridgehead atoms. The van der Waals surface area contributed by atoms with E-state index in [2.05, 4.69) is 5.32 Å². The van der Waals surface area contributed by atoms with Gasteiger partial charge in [0.1, 0.15) is 5.75 Å². The summed E-state index contributed by atoms with van der Waals surface area (Å²) in [5.41, 5.74) is 0. The van der Waals surface area contributed by atoms with E-state index in [1.54, 1.807) is 25.1 Å². The quantitative estimate of drug-likeness (QED) is 0.847. The van der Waals surface area contributed by atoms with Gasteiger partial charge in [0, 0.05) is 11.6 Å². The van der Waals surface area contributed by atoms with Gasteiger partial charge in [-0.15, -0.1) is 0 Å². The molecule has 0 saturated carbocycles. The number of carbonyl (C=O) groups is 1. The number of aliphatic hydroxyl groups excluding tert-OH is 1. The molecule has 1 aromatic carbocycles. The summed E-state index contributed by atoms with van der Waals surface area (Å²) in [5.74, 6) is 0.163. The van der Waals surface area contributed by atoms with E-state index in [1.807, 2.05) is 13.8 Å². The van der Waals surface area contributed by atoms with Crippen LogP contribution in [0.2, 0.25) is 10.0 Å². The summed E-state index contributed by atoms with van der Waals surface area (Å²) in [6.45, 7) is 5.56. The average molecular weight is 320 g/mol. The number of benzene rings is 1. The van der Waals surface area contributed by atoms with Crippen molar-refractivity contribution in [2.75, 3.05) is 6.54 Å². The minimum Gasteiger partial charge on any atom is -0.479 e. The highest BCUT2D eigenvalue weighted by Gasteiger charge is 2.18. The molecule has 112 valence electrons. The summed E-state index contributed by atoms with van der Waals surface area (Å²) in [6, 6.07) is 4.79. The minimum atomic E-state index is -0.715. The molecule has 6 heteroatoms. The second-order valence-corrected chi connectivity index (χ2v) is 5.73. The van der Waals surface area contributed by atoms with Crippen molar-refractivity contribution in [3.05, 3.63) is 28.2 Å². The molecule has 0 heterocycles. The molecule has 0 fully saturated rings. The third kappa shape index (κ3) is 5.19. The highest BCUT2D eigenvalue weighted by atomic mass is 35.5. The van der Waals surface area contributed by atoms with Gasteiger partial charge in [0.15, 0.2) is 6.10 Å². The minimum absolute atomic E-state index is 0.0808. The van der Waals surface area contributed by atoms with Crippen LogP contribution in [0.5, 0.6) is 5.75 Å². The van der Waals surface area contributed by atoms with E-state index >= 15 is 0 Å². The maximum absolute atomic E-state index is 11.8. The molecule has 0 aliphatic carbocycles. The number of rotatable bonds is 6. The molecule has 1 rings (SSSR count). The van der Waals surface area contributed by atoms with Crippen molar-refractivity contribution in [2.24, 2.45) is 5.92 Å². The van der Waals surface area contributed by atoms with Crippen molar-refractivity contribution in [3.63, 3.8) is 0 Å². The summed E-state index contributed by atoms with van der Waals surface area (Å²) in [4.78, 5) is 11.8. The molecule has 2 unspecified atom stereocenters. The van der Waals surface area contributed by atoms with E-state index < -0.39 is 12.2 Å². The Bertz CT molecular complexity index is 466. The number of amides is 1. The average Bonchev–Trinajstić information content (AvgIpc) is 2.38. The van der Waals surface area contributed by atoms with Crippen molar-refractivity contribution in [2.45, 2.75) is 33.0 Å². The van der Waals surface area contributed by atoms with Gasteiger partial charge in [0.2, 0.25) is 0 Å². The van der Waals surface area contributed by atoms with E-state index in [1.165, 1.54) is 0 Å². The fourth-order valence-corrected chi connectivity index (χ4v) is 1.85. The monoisotopic (exact) mass is 319 g/mol. The van der Waals surface area contributed by atoms with Crippen LogP contribution in [-0.2, 0) is 4.79 Å². The number of hydrogen-bond acceptors (Lipinski definition) is 3. The van der Waals surface area contributed by atoms with Gasteiger partial charge in [0.05, 0.1) is 11.1 Å². The molecule has 0 spiro atoms. The lowest BCUT2D eigenvalue weighted by Gasteiger charge is -2.18. The fourth-order valence-electron chi connectivity index (χ4n) is 1.40. The van der Waals surface area contributed by atoms with Gasteiger partial charge in [-0.2, -0.15) is 0 Å². The summed E-state index contributed by atoms with van der Waals surface area (Å²) in [5, 5.41) is 13.1. The van der Waals surface area contributed by atoms with Crippen LogP contribution in [0.15, 0.2) is 18.2 Å². The number of aliphatic hydroxyl groups is 1. The first-order valence-corrected chi connectivity index (χ1v) is 7.14. The molecule has 1 amide bonds. The topological polar surface area (TPSA) is 58.6 Å². The Hall–Kier alpha value is -0.970. The van der Waals surface area contributed by atoms with Crippen molar-refractivity contribution in [1.29, 1.82) is 0 Å². The molecule has 1 aromatic rings. The Kier molecular flexibility index (Phi) is 6.59. The highest BCUT2D eigenvalue weighted by Crippen LogP contribution is 2.28. The van der Waals surface area contributed by atoms with Crippen LogP contribution in [-0.4, -0.2) is 29.8 Å². The van der Waals surface area contributed by atoms with E-state index in [-0.39, 0.29) is 18.4 Å². The Morgan fingerprint density at radius 2 is 2.00 bits per heavy atom. The van der Waals surface area contributed by atoms with Gasteiger partial charge >= 0.3 is 0 Å². The SMILES string of the molecule is CC(Oc1ccc(Cl)cc1Cl)C(=O)NCC(O)C(C)C. The molecular weight excluding hydrogens is 301 g/mol. The molecule has 0 radical (unpaired) electrons. The normalized spacial score (nSPS) is 13.9. The van der Waals surface area contributed by atoms with Gasteiger partial charge < -0.3 is 15.2 Å². The third-order valence-corrected chi connectivity index (χ3v) is 3.35. The van der Waals surface area contributed by atoms with Crippen molar-refractivity contribution in [1.82, 2.24) is 5.32 Å². The number of halogens is 2. The van der Waals surface area contributed by atoms with Gasteiger partial charge in [-0.25, -0.2) is 0 Å². The Morgan fingerprint density at radius 3 is 2.55 bits per heavy atom. The zero-order valence-corrected chi connectivity index (χ0v) is 13.2. The van der Waals surface area contributed by atoms with E-state index in [0.29, 0.717) is 15.8 Å². The van der Waals surface area contributed by atoms with Crippen molar-refractivity contribution >= 4 is 29.1 Å². The Labute approximate surface area is 129 Å². The zero-order chi connectivity index (χ0) is 15.3. The fraction of sp³-hybridized carbons (Fsp3) is 0.500. The van der Waals surface area contributed by atoms with Crippen LogP contribution in [0.3, 0.4) is 0 Å². The van der Waals surface area contributed by atoms with Crippen LogP contribution in [0.25, 0.3) is 0 Å². The third-order valence-electron chi connectivity index (χ3n) is 2.82. The van der Waals surface area contributed by atoms with E-state index in [9.17, 15) is 9.90 Å². The van der Waals surface area contributed by atoms with E-state index in [0.717, 1.165) is 0 Å². The predicted octanol–water partition coefficient (Wildman–Crippen LogP) is 2.89. The molecule has 0 saturated heterocycles. The lowest BCUT2D eigenvalue weighted by molar-refractivity contribution is -0.127. The molecule has 4 nitrogen and oxygen atoms in total. The molecule has 2 atom stereocenters. The number of carbonyl (C=O) groups excluding carboxylic acids is 1. The summed E-state index contributed by atoms with van der Waals surface area (Å²) < 4.78 is 5.47. The summed E-state index contributed by atoms with van der Waals surface area (Å²) >= 11 is 11.7. The molecule has 2 N–H and O–H groups in total. The van der Waals surface area contributed by atoms with Gasteiger partial charge in [-0.1, -0.05) is 37.0 Å². The largest absolute Gasteiger partial charge is 0.479 e. The predicted molar refractivity (Wildman–Crippen MR) is 80.4 cm³/mol. The second kappa shape index (κ2) is 7.72. The first-order chi connectivity index (χ1) is 9.31. The van der Waals surface area contributed by atoms with Crippen LogP contribution >= 0.6 is 23.2 Å². The lowest BCUT2D eigenvalue weighted by atomic mass is 10.1.